The number of hydrogen-bond acceptors (Lipinski definition) is 2. The summed E-state index contributed by atoms with van der Waals surface area (Å²) in [4.78, 5) is 11.4. The maximum Gasteiger partial charge on any atom is 0.306 e. The van der Waals surface area contributed by atoms with E-state index in [4.69, 9.17) is 4.74 Å². The van der Waals surface area contributed by atoms with Crippen LogP contribution in [0.3, 0.4) is 0 Å². The van der Waals surface area contributed by atoms with Gasteiger partial charge in [0.15, 0.2) is 0 Å². The molecular formula is C12H16O2. The lowest BCUT2D eigenvalue weighted by Gasteiger charge is -2.39. The number of ether oxygens (including phenoxy) is 1. The first kappa shape index (κ1) is 8.51. The zero-order valence-electron chi connectivity index (χ0n) is 8.42. The average Bonchev–Trinajstić information content (AvgIpc) is 2.57. The van der Waals surface area contributed by atoms with Gasteiger partial charge in [-0.3, -0.25) is 4.79 Å². The summed E-state index contributed by atoms with van der Waals surface area (Å²) in [7, 11) is 0. The third kappa shape index (κ3) is 0.943. The molecular weight excluding hydrogens is 176 g/mol. The van der Waals surface area contributed by atoms with Crippen LogP contribution in [0.15, 0.2) is 12.2 Å². The summed E-state index contributed by atoms with van der Waals surface area (Å²) in [6, 6.07) is 0. The molecule has 2 saturated carbocycles. The molecule has 2 aliphatic carbocycles. The van der Waals surface area contributed by atoms with Gasteiger partial charge in [0.2, 0.25) is 0 Å². The predicted molar refractivity (Wildman–Crippen MR) is 52.6 cm³/mol. The molecule has 76 valence electrons. The predicted octanol–water partition coefficient (Wildman–Crippen LogP) is 2.44. The van der Waals surface area contributed by atoms with E-state index >= 15 is 0 Å². The Labute approximate surface area is 84.3 Å². The van der Waals surface area contributed by atoms with Gasteiger partial charge in [-0.2, -0.15) is 0 Å². The highest BCUT2D eigenvalue weighted by Crippen LogP contribution is 2.56. The summed E-state index contributed by atoms with van der Waals surface area (Å²) in [5.41, 5.74) is 1.18. The van der Waals surface area contributed by atoms with E-state index in [1.165, 1.54) is 24.8 Å². The van der Waals surface area contributed by atoms with Crippen LogP contribution in [0.4, 0.5) is 0 Å². The molecule has 0 bridgehead atoms. The molecule has 1 aliphatic heterocycles. The lowest BCUT2D eigenvalue weighted by molar-refractivity contribution is -0.154. The fraction of sp³-hybridized carbons (Fsp3) is 0.750. The zero-order chi connectivity index (χ0) is 9.76. The van der Waals surface area contributed by atoms with Crippen LogP contribution >= 0.6 is 0 Å². The van der Waals surface area contributed by atoms with E-state index in [9.17, 15) is 4.79 Å². The fourth-order valence-corrected chi connectivity index (χ4v) is 3.74. The van der Waals surface area contributed by atoms with Crippen LogP contribution in [0, 0.1) is 11.8 Å². The van der Waals surface area contributed by atoms with Gasteiger partial charge in [0, 0.05) is 18.3 Å². The molecule has 3 fully saturated rings. The third-order valence-corrected chi connectivity index (χ3v) is 4.27. The monoisotopic (exact) mass is 192 g/mol. The van der Waals surface area contributed by atoms with Crippen molar-refractivity contribution in [3.63, 3.8) is 0 Å². The van der Waals surface area contributed by atoms with Crippen molar-refractivity contribution in [3.05, 3.63) is 12.2 Å². The first-order valence-corrected chi connectivity index (χ1v) is 5.59. The molecule has 2 heteroatoms. The van der Waals surface area contributed by atoms with Crippen molar-refractivity contribution in [1.29, 1.82) is 0 Å². The van der Waals surface area contributed by atoms with Crippen LogP contribution in [0.25, 0.3) is 0 Å². The van der Waals surface area contributed by atoms with E-state index in [0.717, 1.165) is 12.8 Å². The first-order chi connectivity index (χ1) is 6.71. The van der Waals surface area contributed by atoms with Crippen molar-refractivity contribution >= 4 is 5.97 Å². The van der Waals surface area contributed by atoms with E-state index in [2.05, 4.69) is 6.58 Å². The van der Waals surface area contributed by atoms with Crippen molar-refractivity contribution in [2.75, 3.05) is 0 Å². The van der Waals surface area contributed by atoms with Crippen molar-refractivity contribution in [2.24, 2.45) is 11.8 Å². The van der Waals surface area contributed by atoms with Crippen LogP contribution in [-0.2, 0) is 9.53 Å². The van der Waals surface area contributed by atoms with Crippen LogP contribution in [0.1, 0.15) is 38.5 Å². The smallest absolute Gasteiger partial charge is 0.306 e. The Morgan fingerprint density at radius 3 is 2.79 bits per heavy atom. The second-order valence-corrected chi connectivity index (χ2v) is 5.09. The van der Waals surface area contributed by atoms with Gasteiger partial charge in [-0.15, -0.1) is 0 Å². The molecule has 0 N–H and O–H groups in total. The SMILES string of the molecule is C=C1CC2CCC[C@H]3CC(=O)O[C@@]23C1. The number of esters is 1. The Hall–Kier alpha value is -0.790. The molecule has 0 aromatic rings. The Morgan fingerprint density at radius 1 is 1.29 bits per heavy atom. The molecule has 3 rings (SSSR count). The molecule has 1 heterocycles. The molecule has 1 spiro atoms. The molecule has 2 nitrogen and oxygen atoms in total. The topological polar surface area (TPSA) is 26.3 Å². The minimum absolute atomic E-state index is 0.0246. The second-order valence-electron chi connectivity index (χ2n) is 5.09. The molecule has 1 unspecified atom stereocenters. The highest BCUT2D eigenvalue weighted by atomic mass is 16.6. The Balaban J connectivity index is 1.99. The maximum atomic E-state index is 11.4. The molecule has 0 radical (unpaired) electrons. The zero-order valence-corrected chi connectivity index (χ0v) is 8.42. The van der Waals surface area contributed by atoms with Gasteiger partial charge in [-0.1, -0.05) is 18.6 Å². The maximum absolute atomic E-state index is 11.4. The van der Waals surface area contributed by atoms with Gasteiger partial charge in [-0.05, 0) is 19.3 Å². The molecule has 0 amide bonds. The van der Waals surface area contributed by atoms with Crippen LogP contribution < -0.4 is 0 Å². The van der Waals surface area contributed by atoms with E-state index in [0.29, 0.717) is 18.3 Å². The minimum atomic E-state index is -0.105. The highest BCUT2D eigenvalue weighted by Gasteiger charge is 2.58. The van der Waals surface area contributed by atoms with E-state index in [1.54, 1.807) is 0 Å². The molecule has 1 saturated heterocycles. The van der Waals surface area contributed by atoms with E-state index in [1.807, 2.05) is 0 Å². The van der Waals surface area contributed by atoms with Gasteiger partial charge in [0.1, 0.15) is 5.60 Å². The van der Waals surface area contributed by atoms with Crippen LogP contribution in [0.2, 0.25) is 0 Å². The van der Waals surface area contributed by atoms with Crippen LogP contribution in [0.5, 0.6) is 0 Å². The minimum Gasteiger partial charge on any atom is -0.458 e. The van der Waals surface area contributed by atoms with E-state index < -0.39 is 0 Å². The normalized spacial score (nSPS) is 46.0. The molecule has 14 heavy (non-hydrogen) atoms. The van der Waals surface area contributed by atoms with Gasteiger partial charge < -0.3 is 4.74 Å². The van der Waals surface area contributed by atoms with Crippen molar-refractivity contribution < 1.29 is 9.53 Å². The number of rotatable bonds is 0. The van der Waals surface area contributed by atoms with Crippen molar-refractivity contribution in [1.82, 2.24) is 0 Å². The summed E-state index contributed by atoms with van der Waals surface area (Å²) in [5, 5.41) is 0. The summed E-state index contributed by atoms with van der Waals surface area (Å²) >= 11 is 0. The van der Waals surface area contributed by atoms with E-state index in [-0.39, 0.29) is 11.6 Å². The highest BCUT2D eigenvalue weighted by molar-refractivity contribution is 5.73. The third-order valence-electron chi connectivity index (χ3n) is 4.27. The van der Waals surface area contributed by atoms with Crippen molar-refractivity contribution in [2.45, 2.75) is 44.1 Å². The largest absolute Gasteiger partial charge is 0.458 e. The summed E-state index contributed by atoms with van der Waals surface area (Å²) < 4.78 is 5.65. The molecule has 0 aromatic carbocycles. The average molecular weight is 192 g/mol. The number of carbonyl (C=O) groups is 1. The lowest BCUT2D eigenvalue weighted by atomic mass is 9.70. The number of carbonyl (C=O) groups excluding carboxylic acids is 1. The Bertz CT molecular complexity index is 275. The standard InChI is InChI=1S/C12H16O2/c1-8-5-9-3-2-4-10-6-11(13)14-12(9,10)7-8/h9-10H,1-7H2/t9?,10-,12-/m0/s1. The van der Waals surface area contributed by atoms with Gasteiger partial charge in [0.05, 0.1) is 6.42 Å². The molecule has 3 aliphatic rings. The quantitative estimate of drug-likeness (QED) is 0.435. The van der Waals surface area contributed by atoms with Gasteiger partial charge >= 0.3 is 5.97 Å². The fourth-order valence-electron chi connectivity index (χ4n) is 3.74. The first-order valence-electron chi connectivity index (χ1n) is 5.59. The summed E-state index contributed by atoms with van der Waals surface area (Å²) in [5.74, 6) is 1.10. The van der Waals surface area contributed by atoms with Gasteiger partial charge in [-0.25, -0.2) is 0 Å². The summed E-state index contributed by atoms with van der Waals surface area (Å²) in [6.45, 7) is 4.07. The van der Waals surface area contributed by atoms with Crippen molar-refractivity contribution in [3.8, 4) is 0 Å². The second kappa shape index (κ2) is 2.62. The van der Waals surface area contributed by atoms with Gasteiger partial charge in [0.25, 0.3) is 0 Å². The Kier molecular flexibility index (Phi) is 1.59. The molecule has 3 atom stereocenters. The lowest BCUT2D eigenvalue weighted by Crippen LogP contribution is -2.42. The van der Waals surface area contributed by atoms with Crippen LogP contribution in [-0.4, -0.2) is 11.6 Å². The number of hydrogen-bond donors (Lipinski definition) is 0. The Morgan fingerprint density at radius 2 is 2.00 bits per heavy atom. The molecule has 0 aromatic heterocycles. The summed E-state index contributed by atoms with van der Waals surface area (Å²) in [6.07, 6.45) is 6.35.